The first-order chi connectivity index (χ1) is 12.3. The van der Waals surface area contributed by atoms with Gasteiger partial charge in [-0.3, -0.25) is 24.1 Å². The fourth-order valence-corrected chi connectivity index (χ4v) is 3.14. The molecule has 26 heavy (non-hydrogen) atoms. The molecule has 0 aromatic heterocycles. The molecule has 1 aliphatic rings. The first kappa shape index (κ1) is 17.5. The number of hydrogen-bond donors (Lipinski definition) is 1. The lowest BCUT2D eigenvalue weighted by Crippen LogP contribution is -2.42. The zero-order valence-corrected chi connectivity index (χ0v) is 14.7. The van der Waals surface area contributed by atoms with E-state index in [1.165, 1.54) is 11.8 Å². The molecule has 0 saturated carbocycles. The van der Waals surface area contributed by atoms with Crippen molar-refractivity contribution >= 4 is 34.8 Å². The van der Waals surface area contributed by atoms with Gasteiger partial charge in [0, 0.05) is 18.2 Å². The Morgan fingerprint density at radius 2 is 1.69 bits per heavy atom. The third kappa shape index (κ3) is 2.90. The first-order valence-electron chi connectivity index (χ1n) is 8.20. The van der Waals surface area contributed by atoms with Crippen LogP contribution in [0.1, 0.15) is 40.1 Å². The summed E-state index contributed by atoms with van der Waals surface area (Å²) in [5.41, 5.74) is 2.57. The lowest BCUT2D eigenvalue weighted by molar-refractivity contribution is -0.115. The van der Waals surface area contributed by atoms with Crippen molar-refractivity contribution in [2.75, 3.05) is 10.2 Å². The van der Waals surface area contributed by atoms with E-state index in [-0.39, 0.29) is 11.7 Å². The lowest BCUT2D eigenvalue weighted by Gasteiger charge is -2.25. The molecule has 6 nitrogen and oxygen atoms in total. The van der Waals surface area contributed by atoms with Gasteiger partial charge < -0.3 is 5.32 Å². The molecule has 1 heterocycles. The topological polar surface area (TPSA) is 83.6 Å². The van der Waals surface area contributed by atoms with Gasteiger partial charge in [0.15, 0.2) is 5.78 Å². The van der Waals surface area contributed by atoms with Gasteiger partial charge in [0.1, 0.15) is 0 Å². The molecular weight excluding hydrogens is 332 g/mol. The fraction of sp³-hybridized carbons (Fsp3) is 0.200. The van der Waals surface area contributed by atoms with Crippen molar-refractivity contribution in [3.05, 3.63) is 59.2 Å². The Labute approximate surface area is 150 Å². The van der Waals surface area contributed by atoms with Gasteiger partial charge in [-0.15, -0.1) is 0 Å². The number of para-hydroxylation sites is 1. The Bertz CT molecular complexity index is 931. The number of aryl methyl sites for hydroxylation is 1. The zero-order chi connectivity index (χ0) is 19.0. The molecule has 0 fully saturated rings. The number of rotatable bonds is 4. The van der Waals surface area contributed by atoms with Crippen molar-refractivity contribution in [2.24, 2.45) is 0 Å². The van der Waals surface area contributed by atoms with Crippen LogP contribution >= 0.6 is 0 Å². The number of Topliss-reactive ketones (excluding diaryl/α,β-unsaturated/α-hetero) is 2. The number of benzene rings is 2. The van der Waals surface area contributed by atoms with E-state index >= 15 is 0 Å². The molecule has 1 atom stereocenters. The normalized spacial score (nSPS) is 14.2. The second-order valence-corrected chi connectivity index (χ2v) is 6.27. The van der Waals surface area contributed by atoms with Gasteiger partial charge in [-0.2, -0.15) is 0 Å². The highest BCUT2D eigenvalue weighted by atomic mass is 16.2. The highest BCUT2D eigenvalue weighted by Crippen LogP contribution is 2.34. The molecule has 0 saturated heterocycles. The van der Waals surface area contributed by atoms with Gasteiger partial charge in [-0.1, -0.05) is 12.1 Å². The summed E-state index contributed by atoms with van der Waals surface area (Å²) in [5, 5.41) is 2.63. The van der Waals surface area contributed by atoms with Crippen LogP contribution in [0.25, 0.3) is 0 Å². The van der Waals surface area contributed by atoms with Crippen molar-refractivity contribution in [3.8, 4) is 0 Å². The molecular formula is C20H18N2O4. The van der Waals surface area contributed by atoms with Crippen molar-refractivity contribution in [1.82, 2.24) is 0 Å². The van der Waals surface area contributed by atoms with Crippen LogP contribution in [0.2, 0.25) is 0 Å². The maximum absolute atomic E-state index is 12.8. The molecule has 2 aromatic carbocycles. The number of nitrogens with zero attached hydrogens (tertiary/aromatic N) is 1. The number of hydrogen-bond acceptors (Lipinski definition) is 4. The molecule has 0 spiro atoms. The second-order valence-electron chi connectivity index (χ2n) is 6.27. The summed E-state index contributed by atoms with van der Waals surface area (Å²) in [5.74, 6) is -1.77. The number of fused-ring (bicyclic) bond motifs is 1. The van der Waals surface area contributed by atoms with Crippen LogP contribution in [0, 0.1) is 6.92 Å². The van der Waals surface area contributed by atoms with E-state index in [0.29, 0.717) is 22.5 Å². The molecule has 132 valence electrons. The SMILES string of the molecule is CC(=O)Nc1ccc(C(=O)C(C)N2C(=O)C(=O)c3cccc(C)c32)cc1. The summed E-state index contributed by atoms with van der Waals surface area (Å²) in [7, 11) is 0. The van der Waals surface area contributed by atoms with Gasteiger partial charge in [0.25, 0.3) is 11.7 Å². The number of amides is 2. The van der Waals surface area contributed by atoms with Crippen molar-refractivity contribution in [3.63, 3.8) is 0 Å². The van der Waals surface area contributed by atoms with Crippen LogP contribution in [-0.4, -0.2) is 29.4 Å². The predicted molar refractivity (Wildman–Crippen MR) is 97.5 cm³/mol. The summed E-state index contributed by atoms with van der Waals surface area (Å²) in [6.07, 6.45) is 0. The summed E-state index contributed by atoms with van der Waals surface area (Å²) in [6, 6.07) is 10.7. The van der Waals surface area contributed by atoms with Crippen LogP contribution in [0.15, 0.2) is 42.5 Å². The van der Waals surface area contributed by atoms with Gasteiger partial charge in [0.2, 0.25) is 5.91 Å². The summed E-state index contributed by atoms with van der Waals surface area (Å²) >= 11 is 0. The molecule has 0 bridgehead atoms. The minimum atomic E-state index is -0.819. The third-order valence-corrected chi connectivity index (χ3v) is 4.39. The van der Waals surface area contributed by atoms with Crippen molar-refractivity contribution in [2.45, 2.75) is 26.8 Å². The van der Waals surface area contributed by atoms with E-state index in [1.54, 1.807) is 56.3 Å². The maximum Gasteiger partial charge on any atom is 0.300 e. The summed E-state index contributed by atoms with van der Waals surface area (Å²) < 4.78 is 0. The van der Waals surface area contributed by atoms with Crippen LogP contribution < -0.4 is 10.2 Å². The molecule has 0 aliphatic carbocycles. The highest BCUT2D eigenvalue weighted by Gasteiger charge is 2.41. The van der Waals surface area contributed by atoms with E-state index in [9.17, 15) is 19.2 Å². The molecule has 2 aromatic rings. The van der Waals surface area contributed by atoms with E-state index in [2.05, 4.69) is 5.32 Å². The monoisotopic (exact) mass is 350 g/mol. The Morgan fingerprint density at radius 1 is 1.04 bits per heavy atom. The molecule has 3 rings (SSSR count). The van der Waals surface area contributed by atoms with Crippen LogP contribution in [0.5, 0.6) is 0 Å². The standard InChI is InChI=1S/C20H18N2O4/c1-11-5-4-6-16-17(11)22(20(26)19(16)25)12(2)18(24)14-7-9-15(10-8-14)21-13(3)23/h4-10,12H,1-3H3,(H,21,23). The van der Waals surface area contributed by atoms with E-state index in [0.717, 1.165) is 5.56 Å². The predicted octanol–water partition coefficient (Wildman–Crippen LogP) is 2.75. The van der Waals surface area contributed by atoms with Crippen LogP contribution in [0.4, 0.5) is 11.4 Å². The van der Waals surface area contributed by atoms with Gasteiger partial charge in [0.05, 0.1) is 17.3 Å². The molecule has 1 aliphatic heterocycles. The van der Waals surface area contributed by atoms with Crippen LogP contribution in [0.3, 0.4) is 0 Å². The number of nitrogens with one attached hydrogen (secondary N) is 1. The minimum absolute atomic E-state index is 0.203. The quantitative estimate of drug-likeness (QED) is 0.679. The van der Waals surface area contributed by atoms with Crippen LogP contribution in [-0.2, 0) is 9.59 Å². The molecule has 1 N–H and O–H groups in total. The van der Waals surface area contributed by atoms with Crippen molar-refractivity contribution in [1.29, 1.82) is 0 Å². The highest BCUT2D eigenvalue weighted by molar-refractivity contribution is 6.53. The van der Waals surface area contributed by atoms with Crippen molar-refractivity contribution < 1.29 is 19.2 Å². The molecule has 2 amide bonds. The molecule has 0 radical (unpaired) electrons. The van der Waals surface area contributed by atoms with Gasteiger partial charge in [-0.05, 0) is 49.7 Å². The Balaban J connectivity index is 1.91. The molecule has 6 heteroatoms. The minimum Gasteiger partial charge on any atom is -0.326 e. The number of carbonyl (C=O) groups excluding carboxylic acids is 4. The Kier molecular flexibility index (Phi) is 4.42. The van der Waals surface area contributed by atoms with E-state index < -0.39 is 17.7 Å². The Hall–Kier alpha value is -3.28. The lowest BCUT2D eigenvalue weighted by atomic mass is 10.0. The fourth-order valence-electron chi connectivity index (χ4n) is 3.14. The first-order valence-corrected chi connectivity index (χ1v) is 8.20. The number of carbonyl (C=O) groups is 4. The zero-order valence-electron chi connectivity index (χ0n) is 14.7. The van der Waals surface area contributed by atoms with Gasteiger partial charge >= 0.3 is 0 Å². The Morgan fingerprint density at radius 3 is 2.31 bits per heavy atom. The number of anilines is 2. The average molecular weight is 350 g/mol. The smallest absolute Gasteiger partial charge is 0.300 e. The third-order valence-electron chi connectivity index (χ3n) is 4.39. The van der Waals surface area contributed by atoms with E-state index in [1.807, 2.05) is 0 Å². The van der Waals surface area contributed by atoms with E-state index in [4.69, 9.17) is 0 Å². The maximum atomic E-state index is 12.8. The summed E-state index contributed by atoms with van der Waals surface area (Å²) in [6.45, 7) is 4.81. The average Bonchev–Trinajstić information content (AvgIpc) is 2.87. The largest absolute Gasteiger partial charge is 0.326 e. The van der Waals surface area contributed by atoms with Gasteiger partial charge in [-0.25, -0.2) is 0 Å². The molecule has 1 unspecified atom stereocenters. The number of ketones is 2. The summed E-state index contributed by atoms with van der Waals surface area (Å²) in [4.78, 5) is 49.9. The second kappa shape index (κ2) is 6.55.